The van der Waals surface area contributed by atoms with Crippen LogP contribution in [0.5, 0.6) is 0 Å². The van der Waals surface area contributed by atoms with Crippen LogP contribution in [0.15, 0.2) is 23.0 Å². The van der Waals surface area contributed by atoms with Gasteiger partial charge in [0.15, 0.2) is 0 Å². The molecule has 0 aromatic carbocycles. The molecule has 2 aromatic heterocycles. The number of hydrogen-bond donors (Lipinski definition) is 1. The van der Waals surface area contributed by atoms with Crippen LogP contribution in [0.3, 0.4) is 0 Å². The standard InChI is InChI=1S/C13H18N4O2/c1-9-13(14)10(2)17(15-9)7-12(18)16(3)6-11-4-5-19-8-11/h4-5,8H,6-7,14H2,1-3H3. The van der Waals surface area contributed by atoms with E-state index in [9.17, 15) is 4.79 Å². The molecule has 0 saturated carbocycles. The van der Waals surface area contributed by atoms with Gasteiger partial charge in [0.2, 0.25) is 5.91 Å². The third-order valence-corrected chi connectivity index (χ3v) is 3.15. The molecule has 102 valence electrons. The predicted octanol–water partition coefficient (Wildman–Crippen LogP) is 1.33. The van der Waals surface area contributed by atoms with Crippen LogP contribution in [0.1, 0.15) is 17.0 Å². The maximum atomic E-state index is 12.1. The van der Waals surface area contributed by atoms with Crippen LogP contribution in [-0.2, 0) is 17.9 Å². The molecule has 19 heavy (non-hydrogen) atoms. The van der Waals surface area contributed by atoms with E-state index in [0.717, 1.165) is 17.0 Å². The third kappa shape index (κ3) is 2.78. The quantitative estimate of drug-likeness (QED) is 0.901. The molecule has 0 aliphatic heterocycles. The first-order valence-corrected chi connectivity index (χ1v) is 6.03. The molecular weight excluding hydrogens is 244 g/mol. The van der Waals surface area contributed by atoms with Gasteiger partial charge < -0.3 is 15.1 Å². The summed E-state index contributed by atoms with van der Waals surface area (Å²) < 4.78 is 6.62. The van der Waals surface area contributed by atoms with E-state index in [4.69, 9.17) is 10.2 Å². The van der Waals surface area contributed by atoms with E-state index in [2.05, 4.69) is 5.10 Å². The monoisotopic (exact) mass is 262 g/mol. The average molecular weight is 262 g/mol. The Kier molecular flexibility index (Phi) is 3.59. The van der Waals surface area contributed by atoms with E-state index >= 15 is 0 Å². The zero-order chi connectivity index (χ0) is 14.0. The van der Waals surface area contributed by atoms with Crippen molar-refractivity contribution in [1.82, 2.24) is 14.7 Å². The lowest BCUT2D eigenvalue weighted by Gasteiger charge is -2.16. The Balaban J connectivity index is 2.02. The highest BCUT2D eigenvalue weighted by molar-refractivity contribution is 5.75. The number of carbonyl (C=O) groups is 1. The summed E-state index contributed by atoms with van der Waals surface area (Å²) in [5.74, 6) is -0.0215. The van der Waals surface area contributed by atoms with Gasteiger partial charge in [0.1, 0.15) is 6.54 Å². The van der Waals surface area contributed by atoms with E-state index in [1.807, 2.05) is 19.9 Å². The van der Waals surface area contributed by atoms with E-state index in [0.29, 0.717) is 12.2 Å². The zero-order valence-electron chi connectivity index (χ0n) is 11.4. The van der Waals surface area contributed by atoms with Gasteiger partial charge in [-0.1, -0.05) is 0 Å². The molecular formula is C13H18N4O2. The molecule has 2 N–H and O–H groups in total. The number of hydrogen-bond acceptors (Lipinski definition) is 4. The number of amides is 1. The van der Waals surface area contributed by atoms with Crippen molar-refractivity contribution < 1.29 is 9.21 Å². The SMILES string of the molecule is Cc1nn(CC(=O)N(C)Cc2ccoc2)c(C)c1N. The van der Waals surface area contributed by atoms with Gasteiger partial charge in [-0.15, -0.1) is 0 Å². The summed E-state index contributed by atoms with van der Waals surface area (Å²) in [5.41, 5.74) is 9.02. The molecule has 0 spiro atoms. The minimum Gasteiger partial charge on any atom is -0.472 e. The van der Waals surface area contributed by atoms with Crippen molar-refractivity contribution in [1.29, 1.82) is 0 Å². The Morgan fingerprint density at radius 1 is 1.53 bits per heavy atom. The molecule has 0 aliphatic carbocycles. The Bertz CT molecular complexity index is 572. The van der Waals surface area contributed by atoms with Crippen molar-refractivity contribution in [2.75, 3.05) is 12.8 Å². The zero-order valence-corrected chi connectivity index (χ0v) is 11.4. The fourth-order valence-electron chi connectivity index (χ4n) is 1.86. The number of rotatable bonds is 4. The summed E-state index contributed by atoms with van der Waals surface area (Å²) in [6.45, 7) is 4.40. The summed E-state index contributed by atoms with van der Waals surface area (Å²) in [7, 11) is 1.75. The number of nitrogens with two attached hydrogens (primary N) is 1. The summed E-state index contributed by atoms with van der Waals surface area (Å²) in [6.07, 6.45) is 3.22. The van der Waals surface area contributed by atoms with E-state index in [1.54, 1.807) is 29.2 Å². The third-order valence-electron chi connectivity index (χ3n) is 3.15. The highest BCUT2D eigenvalue weighted by Crippen LogP contribution is 2.15. The van der Waals surface area contributed by atoms with Gasteiger partial charge in [-0.3, -0.25) is 9.48 Å². The molecule has 0 saturated heterocycles. The Morgan fingerprint density at radius 2 is 2.26 bits per heavy atom. The average Bonchev–Trinajstić information content (AvgIpc) is 2.95. The van der Waals surface area contributed by atoms with Gasteiger partial charge in [0, 0.05) is 19.2 Å². The minimum atomic E-state index is -0.0215. The van der Waals surface area contributed by atoms with Crippen molar-refractivity contribution in [3.05, 3.63) is 35.5 Å². The topological polar surface area (TPSA) is 77.3 Å². The summed E-state index contributed by atoms with van der Waals surface area (Å²) in [5, 5.41) is 4.25. The Hall–Kier alpha value is -2.24. The molecule has 0 radical (unpaired) electrons. The van der Waals surface area contributed by atoms with Crippen LogP contribution in [0, 0.1) is 13.8 Å². The molecule has 6 nitrogen and oxygen atoms in total. The highest BCUT2D eigenvalue weighted by Gasteiger charge is 2.14. The van der Waals surface area contributed by atoms with Crippen molar-refractivity contribution >= 4 is 11.6 Å². The van der Waals surface area contributed by atoms with Gasteiger partial charge in [-0.05, 0) is 19.9 Å². The van der Waals surface area contributed by atoms with Crippen molar-refractivity contribution in [2.45, 2.75) is 26.9 Å². The first-order chi connectivity index (χ1) is 8.99. The number of furan rings is 1. The van der Waals surface area contributed by atoms with Gasteiger partial charge in [0.25, 0.3) is 0 Å². The van der Waals surface area contributed by atoms with E-state index in [1.165, 1.54) is 0 Å². The van der Waals surface area contributed by atoms with Crippen molar-refractivity contribution in [3.8, 4) is 0 Å². The van der Waals surface area contributed by atoms with Crippen LogP contribution >= 0.6 is 0 Å². The molecule has 2 aromatic rings. The molecule has 0 fully saturated rings. The molecule has 0 atom stereocenters. The van der Waals surface area contributed by atoms with Gasteiger partial charge >= 0.3 is 0 Å². The number of anilines is 1. The Morgan fingerprint density at radius 3 is 2.79 bits per heavy atom. The highest BCUT2D eigenvalue weighted by atomic mass is 16.3. The van der Waals surface area contributed by atoms with Gasteiger partial charge in [-0.2, -0.15) is 5.10 Å². The lowest BCUT2D eigenvalue weighted by atomic mass is 10.3. The first-order valence-electron chi connectivity index (χ1n) is 6.03. The van der Waals surface area contributed by atoms with Gasteiger partial charge in [-0.25, -0.2) is 0 Å². The Labute approximate surface area is 111 Å². The number of likely N-dealkylation sites (N-methyl/N-ethyl adjacent to an activating group) is 1. The number of nitrogens with zero attached hydrogens (tertiary/aromatic N) is 3. The fraction of sp³-hybridized carbons (Fsp3) is 0.385. The normalized spacial score (nSPS) is 10.7. The van der Waals surface area contributed by atoms with Crippen LogP contribution in [0.25, 0.3) is 0 Å². The molecule has 1 amide bonds. The molecule has 2 rings (SSSR count). The summed E-state index contributed by atoms with van der Waals surface area (Å²) >= 11 is 0. The van der Waals surface area contributed by atoms with Crippen LogP contribution in [0.4, 0.5) is 5.69 Å². The summed E-state index contributed by atoms with van der Waals surface area (Å²) in [4.78, 5) is 13.7. The van der Waals surface area contributed by atoms with Crippen molar-refractivity contribution in [2.24, 2.45) is 0 Å². The first kappa shape index (κ1) is 13.2. The van der Waals surface area contributed by atoms with Crippen molar-refractivity contribution in [3.63, 3.8) is 0 Å². The largest absolute Gasteiger partial charge is 0.472 e. The summed E-state index contributed by atoms with van der Waals surface area (Å²) in [6, 6.07) is 1.84. The molecule has 2 heterocycles. The van der Waals surface area contributed by atoms with E-state index in [-0.39, 0.29) is 12.5 Å². The number of aromatic nitrogens is 2. The molecule has 0 bridgehead atoms. The second-order valence-corrected chi connectivity index (χ2v) is 4.62. The molecule has 0 aliphatic rings. The lowest BCUT2D eigenvalue weighted by Crippen LogP contribution is -2.30. The second-order valence-electron chi connectivity index (χ2n) is 4.62. The number of carbonyl (C=O) groups excluding carboxylic acids is 1. The van der Waals surface area contributed by atoms with Crippen LogP contribution in [-0.4, -0.2) is 27.6 Å². The smallest absolute Gasteiger partial charge is 0.244 e. The second kappa shape index (κ2) is 5.17. The molecule has 0 unspecified atom stereocenters. The maximum absolute atomic E-state index is 12.1. The lowest BCUT2D eigenvalue weighted by molar-refractivity contribution is -0.131. The van der Waals surface area contributed by atoms with Crippen LogP contribution in [0.2, 0.25) is 0 Å². The van der Waals surface area contributed by atoms with E-state index < -0.39 is 0 Å². The predicted molar refractivity (Wildman–Crippen MR) is 71.3 cm³/mol. The maximum Gasteiger partial charge on any atom is 0.244 e. The van der Waals surface area contributed by atoms with Gasteiger partial charge in [0.05, 0.1) is 29.6 Å². The molecule has 6 heteroatoms. The fourth-order valence-corrected chi connectivity index (χ4v) is 1.86. The number of nitrogen functional groups attached to an aromatic ring is 1. The minimum absolute atomic E-state index is 0.0215. The number of aryl methyl sites for hydroxylation is 1. The van der Waals surface area contributed by atoms with Crippen LogP contribution < -0.4 is 5.73 Å².